The molecule has 5 nitrogen and oxygen atoms in total. The van der Waals surface area contributed by atoms with Crippen LogP contribution in [0.4, 0.5) is 0 Å². The number of hydrogen-bond acceptors (Lipinski definition) is 5. The van der Waals surface area contributed by atoms with Crippen molar-refractivity contribution in [2.24, 2.45) is 0 Å². The summed E-state index contributed by atoms with van der Waals surface area (Å²) < 4.78 is 5.22. The number of carbonyl (C=O) groups is 1. The normalized spacial score (nSPS) is 10.2. The van der Waals surface area contributed by atoms with Crippen LogP contribution in [0.1, 0.15) is 31.7 Å². The highest BCUT2D eigenvalue weighted by molar-refractivity contribution is 5.72. The van der Waals surface area contributed by atoms with E-state index in [2.05, 4.69) is 16.0 Å². The average molecular weight is 357 g/mol. The Hall–Kier alpha value is -3.52. The second kappa shape index (κ2) is 8.72. The molecule has 0 atom stereocenters. The minimum absolute atomic E-state index is 0.264. The summed E-state index contributed by atoms with van der Waals surface area (Å²) in [6, 6.07) is 17.4. The zero-order valence-corrected chi connectivity index (χ0v) is 15.1. The second-order valence-electron chi connectivity index (χ2n) is 6.09. The topological polar surface area (TPSA) is 75.9 Å². The van der Waals surface area contributed by atoms with Crippen molar-refractivity contribution in [3.63, 3.8) is 0 Å². The number of aromatic nitrogens is 2. The number of nitrogens with zero attached hydrogens (tertiary/aromatic N) is 3. The van der Waals surface area contributed by atoms with Crippen LogP contribution in [0.5, 0.6) is 5.75 Å². The third-order valence-electron chi connectivity index (χ3n) is 4.08. The zero-order chi connectivity index (χ0) is 19.1. The van der Waals surface area contributed by atoms with Crippen LogP contribution in [0.25, 0.3) is 22.5 Å². The van der Waals surface area contributed by atoms with Gasteiger partial charge in [0.05, 0.1) is 24.0 Å². The molecule has 0 aliphatic carbocycles. The van der Waals surface area contributed by atoms with Crippen LogP contribution in [-0.4, -0.2) is 15.9 Å². The summed E-state index contributed by atoms with van der Waals surface area (Å²) in [6.45, 7) is 2.03. The third-order valence-corrected chi connectivity index (χ3v) is 4.08. The largest absolute Gasteiger partial charge is 0.423 e. The molecule has 1 heterocycles. The molecule has 0 N–H and O–H groups in total. The molecule has 0 spiro atoms. The van der Waals surface area contributed by atoms with Crippen LogP contribution in [0.15, 0.2) is 60.9 Å². The fourth-order valence-electron chi connectivity index (χ4n) is 2.57. The van der Waals surface area contributed by atoms with Gasteiger partial charge in [-0.05, 0) is 29.7 Å². The molecule has 0 saturated heterocycles. The number of nitriles is 1. The molecule has 0 unspecified atom stereocenters. The molecule has 27 heavy (non-hydrogen) atoms. The minimum Gasteiger partial charge on any atom is -0.423 e. The van der Waals surface area contributed by atoms with Gasteiger partial charge in [-0.1, -0.05) is 49.7 Å². The van der Waals surface area contributed by atoms with Gasteiger partial charge in [-0.2, -0.15) is 5.26 Å². The standard InChI is InChI=1S/C22H19N3O2/c1-2-3-4-21(26)27-20-14-24-22(25-15-20)19-11-9-18(10-12-19)17-7-5-16(13-23)6-8-17/h5-12,14-15H,2-4H2,1H3. The van der Waals surface area contributed by atoms with E-state index in [9.17, 15) is 4.79 Å². The van der Waals surface area contributed by atoms with Crippen molar-refractivity contribution in [2.75, 3.05) is 0 Å². The first-order chi connectivity index (χ1) is 13.2. The summed E-state index contributed by atoms with van der Waals surface area (Å²) in [5.41, 5.74) is 3.59. The number of rotatable bonds is 6. The predicted molar refractivity (Wildman–Crippen MR) is 103 cm³/mol. The van der Waals surface area contributed by atoms with Crippen molar-refractivity contribution >= 4 is 5.97 Å². The molecule has 3 rings (SSSR count). The second-order valence-corrected chi connectivity index (χ2v) is 6.09. The van der Waals surface area contributed by atoms with Gasteiger partial charge < -0.3 is 4.74 Å². The summed E-state index contributed by atoms with van der Waals surface area (Å²) in [6.07, 6.45) is 5.18. The smallest absolute Gasteiger partial charge is 0.311 e. The Bertz CT molecular complexity index is 941. The Morgan fingerprint density at radius 3 is 2.07 bits per heavy atom. The molecular formula is C22H19N3O2. The van der Waals surface area contributed by atoms with Crippen molar-refractivity contribution in [1.82, 2.24) is 9.97 Å². The highest BCUT2D eigenvalue weighted by atomic mass is 16.5. The molecule has 0 radical (unpaired) electrons. The van der Waals surface area contributed by atoms with Gasteiger partial charge in [0, 0.05) is 12.0 Å². The Kier molecular flexibility index (Phi) is 5.91. The molecule has 0 aliphatic rings. The van der Waals surface area contributed by atoms with E-state index in [4.69, 9.17) is 10.00 Å². The van der Waals surface area contributed by atoms with E-state index in [1.807, 2.05) is 43.3 Å². The van der Waals surface area contributed by atoms with Gasteiger partial charge in [0.1, 0.15) is 0 Å². The average Bonchev–Trinajstić information content (AvgIpc) is 2.73. The molecule has 0 saturated carbocycles. The molecule has 0 fully saturated rings. The van der Waals surface area contributed by atoms with Gasteiger partial charge in [0.15, 0.2) is 11.6 Å². The Morgan fingerprint density at radius 2 is 1.52 bits per heavy atom. The SMILES string of the molecule is CCCCC(=O)Oc1cnc(-c2ccc(-c3ccc(C#N)cc3)cc2)nc1. The van der Waals surface area contributed by atoms with Gasteiger partial charge in [0.25, 0.3) is 0 Å². The maximum atomic E-state index is 11.6. The lowest BCUT2D eigenvalue weighted by molar-refractivity contribution is -0.134. The number of unbranched alkanes of at least 4 members (excludes halogenated alkanes) is 1. The van der Waals surface area contributed by atoms with Crippen molar-refractivity contribution in [3.05, 3.63) is 66.5 Å². The first-order valence-corrected chi connectivity index (χ1v) is 8.83. The number of esters is 1. The maximum Gasteiger partial charge on any atom is 0.311 e. The van der Waals surface area contributed by atoms with Gasteiger partial charge in [0.2, 0.25) is 0 Å². The molecule has 0 bridgehead atoms. The Labute approximate surface area is 158 Å². The fraction of sp³-hybridized carbons (Fsp3) is 0.182. The van der Waals surface area contributed by atoms with Crippen LogP contribution >= 0.6 is 0 Å². The number of hydrogen-bond donors (Lipinski definition) is 0. The molecule has 2 aromatic carbocycles. The lowest BCUT2D eigenvalue weighted by atomic mass is 10.0. The lowest BCUT2D eigenvalue weighted by Crippen LogP contribution is -2.07. The summed E-state index contributed by atoms with van der Waals surface area (Å²) in [5, 5.41) is 8.88. The molecule has 0 aliphatic heterocycles. The van der Waals surface area contributed by atoms with Crippen LogP contribution in [0, 0.1) is 11.3 Å². The van der Waals surface area contributed by atoms with E-state index in [1.54, 1.807) is 12.1 Å². The van der Waals surface area contributed by atoms with E-state index in [-0.39, 0.29) is 5.97 Å². The lowest BCUT2D eigenvalue weighted by Gasteiger charge is -2.06. The van der Waals surface area contributed by atoms with E-state index >= 15 is 0 Å². The number of ether oxygens (including phenoxy) is 1. The van der Waals surface area contributed by atoms with E-state index in [1.165, 1.54) is 12.4 Å². The van der Waals surface area contributed by atoms with Crippen molar-refractivity contribution in [3.8, 4) is 34.3 Å². The highest BCUT2D eigenvalue weighted by Crippen LogP contribution is 2.24. The maximum absolute atomic E-state index is 11.6. The fourth-order valence-corrected chi connectivity index (χ4v) is 2.57. The summed E-state index contributed by atoms with van der Waals surface area (Å²) in [7, 11) is 0. The molecule has 134 valence electrons. The van der Waals surface area contributed by atoms with Gasteiger partial charge in [-0.3, -0.25) is 4.79 Å². The predicted octanol–water partition coefficient (Wildman–Crippen LogP) is 4.78. The van der Waals surface area contributed by atoms with Crippen molar-refractivity contribution in [2.45, 2.75) is 26.2 Å². The first kappa shape index (κ1) is 18.3. The van der Waals surface area contributed by atoms with Crippen LogP contribution < -0.4 is 4.74 Å². The minimum atomic E-state index is -0.264. The van der Waals surface area contributed by atoms with Crippen molar-refractivity contribution in [1.29, 1.82) is 5.26 Å². The zero-order valence-electron chi connectivity index (χ0n) is 15.1. The monoisotopic (exact) mass is 357 g/mol. The Morgan fingerprint density at radius 1 is 0.963 bits per heavy atom. The molecule has 0 amide bonds. The van der Waals surface area contributed by atoms with E-state index in [0.29, 0.717) is 23.6 Å². The van der Waals surface area contributed by atoms with Gasteiger partial charge in [-0.15, -0.1) is 0 Å². The van der Waals surface area contributed by atoms with Crippen LogP contribution in [-0.2, 0) is 4.79 Å². The van der Waals surface area contributed by atoms with E-state index in [0.717, 1.165) is 29.5 Å². The van der Waals surface area contributed by atoms with Crippen molar-refractivity contribution < 1.29 is 9.53 Å². The quantitative estimate of drug-likeness (QED) is 0.594. The highest BCUT2D eigenvalue weighted by Gasteiger charge is 2.07. The Balaban J connectivity index is 1.69. The molecule has 5 heteroatoms. The number of benzene rings is 2. The number of carbonyl (C=O) groups excluding carboxylic acids is 1. The summed E-state index contributed by atoms with van der Waals surface area (Å²) in [5.74, 6) is 0.656. The molecule has 3 aromatic rings. The van der Waals surface area contributed by atoms with E-state index < -0.39 is 0 Å². The molecular weight excluding hydrogens is 338 g/mol. The van der Waals surface area contributed by atoms with Crippen LogP contribution in [0.2, 0.25) is 0 Å². The molecule has 1 aromatic heterocycles. The van der Waals surface area contributed by atoms with Gasteiger partial charge >= 0.3 is 5.97 Å². The first-order valence-electron chi connectivity index (χ1n) is 8.83. The van der Waals surface area contributed by atoms with Gasteiger partial charge in [-0.25, -0.2) is 9.97 Å². The summed E-state index contributed by atoms with van der Waals surface area (Å²) in [4.78, 5) is 20.2. The summed E-state index contributed by atoms with van der Waals surface area (Å²) >= 11 is 0. The third kappa shape index (κ3) is 4.77. The van der Waals surface area contributed by atoms with Crippen LogP contribution in [0.3, 0.4) is 0 Å².